The van der Waals surface area contributed by atoms with Gasteiger partial charge in [-0.2, -0.15) is 0 Å². The number of methoxy groups -OCH3 is 1. The molecule has 0 amide bonds. The molecule has 2 rings (SSSR count). The van der Waals surface area contributed by atoms with Crippen LogP contribution in [0.3, 0.4) is 0 Å². The van der Waals surface area contributed by atoms with Gasteiger partial charge in [-0.15, -0.1) is 24.0 Å². The predicted molar refractivity (Wildman–Crippen MR) is 99.3 cm³/mol. The van der Waals surface area contributed by atoms with Gasteiger partial charge in [0, 0.05) is 30.7 Å². The number of nitrogens with two attached hydrogens (primary N) is 1. The van der Waals surface area contributed by atoms with Crippen LogP contribution in [0.2, 0.25) is 5.02 Å². The number of aliphatic imine (C=N–C) groups is 1. The number of anilines is 1. The average Bonchev–Trinajstić information content (AvgIpc) is 2.87. The van der Waals surface area contributed by atoms with Crippen molar-refractivity contribution in [1.29, 1.82) is 0 Å². The largest absolute Gasteiger partial charge is 0.495 e. The normalized spacial score (nSPS) is 18.3. The Labute approximate surface area is 147 Å². The number of guanidine groups is 1. The fourth-order valence-electron chi connectivity index (χ4n) is 2.43. The summed E-state index contributed by atoms with van der Waals surface area (Å²) in [4.78, 5) is 6.40. The lowest BCUT2D eigenvalue weighted by atomic mass is 10.2. The van der Waals surface area contributed by atoms with Gasteiger partial charge in [-0.3, -0.25) is 4.99 Å². The summed E-state index contributed by atoms with van der Waals surface area (Å²) < 4.78 is 5.40. The van der Waals surface area contributed by atoms with Crippen molar-refractivity contribution in [3.63, 3.8) is 0 Å². The summed E-state index contributed by atoms with van der Waals surface area (Å²) in [7, 11) is 1.67. The summed E-state index contributed by atoms with van der Waals surface area (Å²) in [6, 6.07) is 5.97. The molecule has 1 atom stereocenters. The molecule has 5 nitrogen and oxygen atoms in total. The van der Waals surface area contributed by atoms with E-state index in [0.29, 0.717) is 23.6 Å². The first kappa shape index (κ1) is 18.2. The van der Waals surface area contributed by atoms with E-state index in [1.54, 1.807) is 7.11 Å². The standard InChI is InChI=1S/C14H21ClN4O.HI/c1-3-17-14(16)18-11-6-7-19(9-11)12-8-10(15)4-5-13(12)20-2;/h4-5,8,11H,3,6-7,9H2,1-2H3,(H3,16,17,18);1H. The lowest BCUT2D eigenvalue weighted by Gasteiger charge is -2.22. The molecule has 1 saturated heterocycles. The molecule has 1 aliphatic rings. The van der Waals surface area contributed by atoms with Crippen LogP contribution in [-0.2, 0) is 0 Å². The number of halogens is 2. The lowest BCUT2D eigenvalue weighted by Crippen LogP contribution is -2.41. The highest BCUT2D eigenvalue weighted by molar-refractivity contribution is 14.0. The molecule has 0 radical (unpaired) electrons. The average molecular weight is 425 g/mol. The highest BCUT2D eigenvalue weighted by Gasteiger charge is 2.25. The number of nitrogens with zero attached hydrogens (tertiary/aromatic N) is 2. The van der Waals surface area contributed by atoms with Gasteiger partial charge in [0.1, 0.15) is 5.75 Å². The van der Waals surface area contributed by atoms with Crippen molar-refractivity contribution in [3.05, 3.63) is 23.2 Å². The Morgan fingerprint density at radius 1 is 1.57 bits per heavy atom. The zero-order valence-corrected chi connectivity index (χ0v) is 15.4. The Bertz CT molecular complexity index is 498. The molecule has 1 fully saturated rings. The monoisotopic (exact) mass is 424 g/mol. The summed E-state index contributed by atoms with van der Waals surface area (Å²) in [6.07, 6.45) is 1.01. The zero-order chi connectivity index (χ0) is 14.5. The fourth-order valence-corrected chi connectivity index (χ4v) is 2.60. The number of hydrogen-bond acceptors (Lipinski definition) is 3. The maximum absolute atomic E-state index is 6.08. The third kappa shape index (κ3) is 4.81. The quantitative estimate of drug-likeness (QED) is 0.443. The van der Waals surface area contributed by atoms with Crippen LogP contribution in [0.1, 0.15) is 13.3 Å². The van der Waals surface area contributed by atoms with Crippen LogP contribution in [0.25, 0.3) is 0 Å². The minimum absolute atomic E-state index is 0. The first-order valence-electron chi connectivity index (χ1n) is 6.79. The van der Waals surface area contributed by atoms with Crippen LogP contribution in [0.5, 0.6) is 5.75 Å². The second-order valence-corrected chi connectivity index (χ2v) is 5.19. The maximum Gasteiger partial charge on any atom is 0.188 e. The van der Waals surface area contributed by atoms with E-state index in [2.05, 4.69) is 15.2 Å². The highest BCUT2D eigenvalue weighted by atomic mass is 127. The van der Waals surface area contributed by atoms with Crippen LogP contribution < -0.4 is 20.7 Å². The van der Waals surface area contributed by atoms with E-state index in [1.807, 2.05) is 25.1 Å². The molecule has 0 spiro atoms. The van der Waals surface area contributed by atoms with Gasteiger partial charge < -0.3 is 20.7 Å². The van der Waals surface area contributed by atoms with Gasteiger partial charge in [-0.1, -0.05) is 11.6 Å². The summed E-state index contributed by atoms with van der Waals surface area (Å²) in [5.41, 5.74) is 6.83. The van der Waals surface area contributed by atoms with Crippen LogP contribution in [0.15, 0.2) is 23.2 Å². The molecule has 0 aliphatic carbocycles. The van der Waals surface area contributed by atoms with Crippen molar-refractivity contribution in [2.75, 3.05) is 31.6 Å². The maximum atomic E-state index is 6.08. The summed E-state index contributed by atoms with van der Waals surface area (Å²) in [5, 5.41) is 3.96. The van der Waals surface area contributed by atoms with Gasteiger partial charge in [-0.05, 0) is 31.5 Å². The third-order valence-electron chi connectivity index (χ3n) is 3.35. The summed E-state index contributed by atoms with van der Waals surface area (Å²) in [5.74, 6) is 1.35. The van der Waals surface area contributed by atoms with Crippen LogP contribution in [0, 0.1) is 0 Å². The Kier molecular flexibility index (Phi) is 7.37. The van der Waals surface area contributed by atoms with E-state index in [1.165, 1.54) is 0 Å². The Morgan fingerprint density at radius 2 is 2.33 bits per heavy atom. The van der Waals surface area contributed by atoms with Crippen molar-refractivity contribution in [3.8, 4) is 5.75 Å². The Hall–Kier alpha value is -0.890. The molecule has 1 heterocycles. The molecule has 1 unspecified atom stereocenters. The van der Waals surface area contributed by atoms with Gasteiger partial charge in [-0.25, -0.2) is 0 Å². The zero-order valence-electron chi connectivity index (χ0n) is 12.3. The van der Waals surface area contributed by atoms with Gasteiger partial charge in [0.15, 0.2) is 5.96 Å². The van der Waals surface area contributed by atoms with Crippen molar-refractivity contribution in [2.45, 2.75) is 19.4 Å². The molecular weight excluding hydrogens is 403 g/mol. The molecule has 1 aromatic rings. The Morgan fingerprint density at radius 3 is 3.00 bits per heavy atom. The fraction of sp³-hybridized carbons (Fsp3) is 0.500. The topological polar surface area (TPSA) is 62.9 Å². The molecule has 21 heavy (non-hydrogen) atoms. The first-order valence-corrected chi connectivity index (χ1v) is 7.16. The van der Waals surface area contributed by atoms with Gasteiger partial charge >= 0.3 is 0 Å². The molecule has 1 aliphatic heterocycles. The molecule has 3 N–H and O–H groups in total. The summed E-state index contributed by atoms with van der Waals surface area (Å²) in [6.45, 7) is 4.45. The molecule has 0 saturated carbocycles. The SMILES string of the molecule is CCN=C(N)NC1CCN(c2cc(Cl)ccc2OC)C1.I. The first-order chi connectivity index (χ1) is 9.63. The number of benzene rings is 1. The van der Waals surface area contributed by atoms with Crippen LogP contribution in [-0.4, -0.2) is 38.7 Å². The van der Waals surface area contributed by atoms with Crippen molar-refractivity contribution < 1.29 is 4.74 Å². The van der Waals surface area contributed by atoms with Crippen molar-refractivity contribution >= 4 is 47.2 Å². The van der Waals surface area contributed by atoms with E-state index in [9.17, 15) is 0 Å². The number of nitrogens with one attached hydrogen (secondary N) is 1. The number of ether oxygens (including phenoxy) is 1. The van der Waals surface area contributed by atoms with Crippen molar-refractivity contribution in [1.82, 2.24) is 5.32 Å². The van der Waals surface area contributed by atoms with E-state index < -0.39 is 0 Å². The number of rotatable bonds is 4. The van der Waals surface area contributed by atoms with Gasteiger partial charge in [0.2, 0.25) is 0 Å². The second kappa shape index (κ2) is 8.53. The molecule has 7 heteroatoms. The van der Waals surface area contributed by atoms with Crippen LogP contribution in [0.4, 0.5) is 5.69 Å². The Balaban J connectivity index is 0.00000220. The minimum atomic E-state index is 0. The van der Waals surface area contributed by atoms with Gasteiger partial charge in [0.25, 0.3) is 0 Å². The molecule has 1 aromatic carbocycles. The second-order valence-electron chi connectivity index (χ2n) is 4.75. The minimum Gasteiger partial charge on any atom is -0.495 e. The molecule has 0 aromatic heterocycles. The van der Waals surface area contributed by atoms with Gasteiger partial charge in [0.05, 0.1) is 12.8 Å². The van der Waals surface area contributed by atoms with E-state index >= 15 is 0 Å². The smallest absolute Gasteiger partial charge is 0.188 e. The van der Waals surface area contributed by atoms with Crippen molar-refractivity contribution in [2.24, 2.45) is 10.7 Å². The predicted octanol–water partition coefficient (Wildman–Crippen LogP) is 2.47. The molecule has 0 bridgehead atoms. The number of hydrogen-bond donors (Lipinski definition) is 2. The highest BCUT2D eigenvalue weighted by Crippen LogP contribution is 2.33. The van der Waals surface area contributed by atoms with E-state index in [-0.39, 0.29) is 24.0 Å². The van der Waals surface area contributed by atoms with E-state index in [4.69, 9.17) is 22.1 Å². The van der Waals surface area contributed by atoms with Crippen LogP contribution >= 0.6 is 35.6 Å². The van der Waals surface area contributed by atoms with E-state index in [0.717, 1.165) is 30.9 Å². The molecular formula is C14H22ClIN4O. The molecule has 118 valence electrons. The lowest BCUT2D eigenvalue weighted by molar-refractivity contribution is 0.415. The third-order valence-corrected chi connectivity index (χ3v) is 3.59. The summed E-state index contributed by atoms with van der Waals surface area (Å²) >= 11 is 6.08.